The smallest absolute Gasteiger partial charge is 0.122 e. The van der Waals surface area contributed by atoms with Crippen LogP contribution in [-0.2, 0) is 0 Å². The zero-order chi connectivity index (χ0) is 14.5. The summed E-state index contributed by atoms with van der Waals surface area (Å²) in [6.45, 7) is 2.65. The number of methoxy groups -OCH3 is 2. The first-order valence-electron chi connectivity index (χ1n) is 6.68. The summed E-state index contributed by atoms with van der Waals surface area (Å²) in [6, 6.07) is 14.2. The predicted octanol–water partition coefficient (Wildman–Crippen LogP) is 3.10. The molecule has 0 aliphatic heterocycles. The molecule has 0 spiro atoms. The van der Waals surface area contributed by atoms with E-state index in [0.717, 1.165) is 17.1 Å². The van der Waals surface area contributed by atoms with Crippen LogP contribution in [0.1, 0.15) is 22.6 Å². The molecule has 3 nitrogen and oxygen atoms in total. The molecular formula is C17H21NO2. The van der Waals surface area contributed by atoms with Crippen LogP contribution in [0.4, 0.5) is 0 Å². The van der Waals surface area contributed by atoms with Gasteiger partial charge in [-0.15, -0.1) is 0 Å². The molecule has 0 heterocycles. The maximum Gasteiger partial charge on any atom is 0.122 e. The van der Waals surface area contributed by atoms with Gasteiger partial charge in [0.1, 0.15) is 11.5 Å². The van der Waals surface area contributed by atoms with Crippen molar-refractivity contribution in [2.24, 2.45) is 5.73 Å². The molecule has 0 bridgehead atoms. The van der Waals surface area contributed by atoms with Gasteiger partial charge in [0.2, 0.25) is 0 Å². The summed E-state index contributed by atoms with van der Waals surface area (Å²) in [5, 5.41) is 0. The fourth-order valence-corrected chi connectivity index (χ4v) is 2.45. The fourth-order valence-electron chi connectivity index (χ4n) is 2.45. The van der Waals surface area contributed by atoms with E-state index in [9.17, 15) is 0 Å². The highest BCUT2D eigenvalue weighted by Crippen LogP contribution is 2.32. The summed E-state index contributed by atoms with van der Waals surface area (Å²) in [7, 11) is 3.31. The molecule has 0 amide bonds. The van der Waals surface area contributed by atoms with Gasteiger partial charge in [0.15, 0.2) is 0 Å². The van der Waals surface area contributed by atoms with E-state index in [1.165, 1.54) is 11.1 Å². The van der Waals surface area contributed by atoms with Crippen LogP contribution < -0.4 is 15.2 Å². The van der Waals surface area contributed by atoms with E-state index in [2.05, 4.69) is 19.1 Å². The SMILES string of the molecule is COc1cc(OC)cc(C(CN)c2ccccc2C)c1. The Bertz CT molecular complexity index is 559. The second-order valence-electron chi connectivity index (χ2n) is 4.79. The molecule has 0 aliphatic carbocycles. The molecule has 0 radical (unpaired) electrons. The number of ether oxygens (including phenoxy) is 2. The fraction of sp³-hybridized carbons (Fsp3) is 0.294. The van der Waals surface area contributed by atoms with Crippen molar-refractivity contribution in [3.8, 4) is 11.5 Å². The van der Waals surface area contributed by atoms with Crippen molar-refractivity contribution in [3.63, 3.8) is 0 Å². The van der Waals surface area contributed by atoms with E-state index in [0.29, 0.717) is 6.54 Å². The third-order valence-corrected chi connectivity index (χ3v) is 3.58. The highest BCUT2D eigenvalue weighted by molar-refractivity contribution is 5.45. The Morgan fingerprint density at radius 2 is 1.60 bits per heavy atom. The van der Waals surface area contributed by atoms with Gasteiger partial charge < -0.3 is 15.2 Å². The lowest BCUT2D eigenvalue weighted by atomic mass is 9.88. The molecule has 0 fully saturated rings. The van der Waals surface area contributed by atoms with Gasteiger partial charge in [-0.3, -0.25) is 0 Å². The topological polar surface area (TPSA) is 44.5 Å². The summed E-state index contributed by atoms with van der Waals surface area (Å²) in [5.41, 5.74) is 9.60. The molecule has 0 saturated heterocycles. The van der Waals surface area contributed by atoms with Crippen LogP contribution in [0.3, 0.4) is 0 Å². The maximum absolute atomic E-state index is 6.01. The Kier molecular flexibility index (Phi) is 4.64. The van der Waals surface area contributed by atoms with Crippen molar-refractivity contribution in [3.05, 3.63) is 59.2 Å². The minimum absolute atomic E-state index is 0.139. The van der Waals surface area contributed by atoms with Crippen LogP contribution in [0.5, 0.6) is 11.5 Å². The molecule has 0 saturated carbocycles. The first-order chi connectivity index (χ1) is 9.69. The Hall–Kier alpha value is -2.00. The van der Waals surface area contributed by atoms with Gasteiger partial charge in [-0.25, -0.2) is 0 Å². The van der Waals surface area contributed by atoms with Crippen LogP contribution in [0, 0.1) is 6.92 Å². The molecule has 2 aromatic rings. The highest BCUT2D eigenvalue weighted by Gasteiger charge is 2.16. The van der Waals surface area contributed by atoms with Gasteiger partial charge in [-0.1, -0.05) is 24.3 Å². The number of hydrogen-bond donors (Lipinski definition) is 1. The number of benzene rings is 2. The van der Waals surface area contributed by atoms with Crippen molar-refractivity contribution in [1.29, 1.82) is 0 Å². The molecule has 3 heteroatoms. The summed E-state index contributed by atoms with van der Waals surface area (Å²) in [5.74, 6) is 1.71. The van der Waals surface area contributed by atoms with Crippen LogP contribution in [0.25, 0.3) is 0 Å². The largest absolute Gasteiger partial charge is 0.497 e. The average Bonchev–Trinajstić information content (AvgIpc) is 2.49. The highest BCUT2D eigenvalue weighted by atomic mass is 16.5. The minimum Gasteiger partial charge on any atom is -0.497 e. The van der Waals surface area contributed by atoms with E-state index in [4.69, 9.17) is 15.2 Å². The number of rotatable bonds is 5. The third-order valence-electron chi connectivity index (χ3n) is 3.58. The lowest BCUT2D eigenvalue weighted by Gasteiger charge is -2.19. The molecule has 2 N–H and O–H groups in total. The van der Waals surface area contributed by atoms with Crippen molar-refractivity contribution in [2.45, 2.75) is 12.8 Å². The molecule has 20 heavy (non-hydrogen) atoms. The van der Waals surface area contributed by atoms with Crippen molar-refractivity contribution < 1.29 is 9.47 Å². The number of nitrogens with two attached hydrogens (primary N) is 1. The average molecular weight is 271 g/mol. The predicted molar refractivity (Wildman–Crippen MR) is 81.6 cm³/mol. The van der Waals surface area contributed by atoms with Gasteiger partial charge in [-0.05, 0) is 35.7 Å². The van der Waals surface area contributed by atoms with Gasteiger partial charge >= 0.3 is 0 Å². The first kappa shape index (κ1) is 14.4. The van der Waals surface area contributed by atoms with Gasteiger partial charge in [0, 0.05) is 18.5 Å². The third kappa shape index (κ3) is 2.94. The molecule has 2 aromatic carbocycles. The Morgan fingerprint density at radius 1 is 1.00 bits per heavy atom. The number of aryl methyl sites for hydroxylation is 1. The zero-order valence-electron chi connectivity index (χ0n) is 12.2. The zero-order valence-corrected chi connectivity index (χ0v) is 12.2. The Balaban J connectivity index is 2.49. The minimum atomic E-state index is 0.139. The Morgan fingerprint density at radius 3 is 2.10 bits per heavy atom. The van der Waals surface area contributed by atoms with Gasteiger partial charge in [0.05, 0.1) is 14.2 Å². The van der Waals surface area contributed by atoms with Gasteiger partial charge in [-0.2, -0.15) is 0 Å². The second-order valence-corrected chi connectivity index (χ2v) is 4.79. The van der Waals surface area contributed by atoms with Gasteiger partial charge in [0.25, 0.3) is 0 Å². The van der Waals surface area contributed by atoms with E-state index in [1.54, 1.807) is 14.2 Å². The molecule has 2 rings (SSSR count). The standard InChI is InChI=1S/C17H21NO2/c1-12-6-4-5-7-16(12)17(11-18)13-8-14(19-2)10-15(9-13)20-3/h4-10,17H,11,18H2,1-3H3. The van der Waals surface area contributed by atoms with Crippen LogP contribution >= 0.6 is 0 Å². The van der Waals surface area contributed by atoms with Crippen molar-refractivity contribution in [1.82, 2.24) is 0 Å². The lowest BCUT2D eigenvalue weighted by molar-refractivity contribution is 0.393. The van der Waals surface area contributed by atoms with Crippen LogP contribution in [0.2, 0.25) is 0 Å². The molecular weight excluding hydrogens is 250 g/mol. The van der Waals surface area contributed by atoms with E-state index >= 15 is 0 Å². The first-order valence-corrected chi connectivity index (χ1v) is 6.68. The molecule has 1 unspecified atom stereocenters. The Labute approximate surface area is 120 Å². The molecule has 0 aromatic heterocycles. The van der Waals surface area contributed by atoms with Crippen molar-refractivity contribution >= 4 is 0 Å². The monoisotopic (exact) mass is 271 g/mol. The lowest BCUT2D eigenvalue weighted by Crippen LogP contribution is -2.15. The van der Waals surface area contributed by atoms with E-state index in [1.807, 2.05) is 30.3 Å². The second kappa shape index (κ2) is 6.44. The summed E-state index contributed by atoms with van der Waals surface area (Å²) in [6.07, 6.45) is 0. The van der Waals surface area contributed by atoms with E-state index < -0.39 is 0 Å². The summed E-state index contributed by atoms with van der Waals surface area (Å²) >= 11 is 0. The molecule has 1 atom stereocenters. The quantitative estimate of drug-likeness (QED) is 0.908. The molecule has 106 valence electrons. The van der Waals surface area contributed by atoms with Crippen LogP contribution in [-0.4, -0.2) is 20.8 Å². The number of hydrogen-bond acceptors (Lipinski definition) is 3. The normalized spacial score (nSPS) is 12.0. The van der Waals surface area contributed by atoms with Crippen LogP contribution in [0.15, 0.2) is 42.5 Å². The summed E-state index contributed by atoms with van der Waals surface area (Å²) < 4.78 is 10.7. The van der Waals surface area contributed by atoms with Crippen molar-refractivity contribution in [2.75, 3.05) is 20.8 Å². The molecule has 0 aliphatic rings. The summed E-state index contributed by atoms with van der Waals surface area (Å²) in [4.78, 5) is 0. The maximum atomic E-state index is 6.01. The van der Waals surface area contributed by atoms with E-state index in [-0.39, 0.29) is 5.92 Å².